The first-order valence-electron chi connectivity index (χ1n) is 3.66. The van der Waals surface area contributed by atoms with E-state index in [0.29, 0.717) is 5.56 Å². The molecule has 0 bridgehead atoms. The Bertz CT molecular complexity index is 291. The van der Waals surface area contributed by atoms with Crippen molar-refractivity contribution in [1.82, 2.24) is 0 Å². The third kappa shape index (κ3) is 1.76. The second kappa shape index (κ2) is 3.04. The van der Waals surface area contributed by atoms with Crippen molar-refractivity contribution in [2.75, 3.05) is 0 Å². The minimum Gasteiger partial charge on any atom is -0.322 e. The van der Waals surface area contributed by atoms with E-state index < -0.39 is 11.4 Å². The Balaban J connectivity index is 3.26. The fourth-order valence-electron chi connectivity index (χ4n) is 1.00. The van der Waals surface area contributed by atoms with Crippen LogP contribution in [0.2, 0.25) is 5.02 Å². The van der Waals surface area contributed by atoms with Gasteiger partial charge in [-0.15, -0.1) is 0 Å². The van der Waals surface area contributed by atoms with Gasteiger partial charge in [0.25, 0.3) is 0 Å². The average molecular weight is 188 g/mol. The molecule has 0 spiro atoms. The van der Waals surface area contributed by atoms with Gasteiger partial charge in [0.05, 0.1) is 5.02 Å². The number of halogens is 2. The van der Waals surface area contributed by atoms with E-state index in [1.165, 1.54) is 6.07 Å². The summed E-state index contributed by atoms with van der Waals surface area (Å²) in [5, 5.41) is 0.117. The Kier molecular flexibility index (Phi) is 2.40. The van der Waals surface area contributed by atoms with Gasteiger partial charge in [-0.25, -0.2) is 4.39 Å². The first-order valence-corrected chi connectivity index (χ1v) is 4.04. The Labute approximate surface area is 76.3 Å². The zero-order valence-corrected chi connectivity index (χ0v) is 7.82. The van der Waals surface area contributed by atoms with Gasteiger partial charge in [-0.2, -0.15) is 0 Å². The molecule has 1 aromatic carbocycles. The van der Waals surface area contributed by atoms with Crippen LogP contribution >= 0.6 is 11.6 Å². The molecule has 66 valence electrons. The maximum atomic E-state index is 13.3. The third-order valence-corrected chi connectivity index (χ3v) is 1.94. The summed E-state index contributed by atoms with van der Waals surface area (Å²) in [4.78, 5) is 0. The van der Waals surface area contributed by atoms with Gasteiger partial charge in [0.2, 0.25) is 0 Å². The number of rotatable bonds is 1. The molecule has 1 aromatic rings. The highest BCUT2D eigenvalue weighted by atomic mass is 35.5. The molecule has 2 N–H and O–H groups in total. The van der Waals surface area contributed by atoms with Gasteiger partial charge in [0.15, 0.2) is 0 Å². The molecule has 0 heterocycles. The molecule has 0 aliphatic rings. The molecule has 0 aliphatic carbocycles. The molecule has 0 aromatic heterocycles. The Morgan fingerprint density at radius 2 is 2.00 bits per heavy atom. The second-order valence-electron chi connectivity index (χ2n) is 3.32. The summed E-state index contributed by atoms with van der Waals surface area (Å²) in [6.45, 7) is 3.48. The lowest BCUT2D eigenvalue weighted by Crippen LogP contribution is -2.29. The number of hydrogen-bond acceptors (Lipinski definition) is 1. The molecule has 0 amide bonds. The molecule has 0 saturated heterocycles. The number of benzene rings is 1. The smallest absolute Gasteiger partial charge is 0.146 e. The van der Waals surface area contributed by atoms with Crippen LogP contribution in [0.25, 0.3) is 0 Å². The van der Waals surface area contributed by atoms with Crippen LogP contribution in [-0.4, -0.2) is 0 Å². The van der Waals surface area contributed by atoms with E-state index in [0.717, 1.165) is 0 Å². The molecule has 0 aliphatic heterocycles. The molecule has 1 nitrogen and oxygen atoms in total. The van der Waals surface area contributed by atoms with E-state index in [9.17, 15) is 4.39 Å². The van der Waals surface area contributed by atoms with Crippen LogP contribution < -0.4 is 5.73 Å². The fourth-order valence-corrected chi connectivity index (χ4v) is 1.18. The van der Waals surface area contributed by atoms with Crippen LogP contribution in [0.5, 0.6) is 0 Å². The molecule has 0 unspecified atom stereocenters. The molecule has 1 rings (SSSR count). The van der Waals surface area contributed by atoms with E-state index >= 15 is 0 Å². The summed E-state index contributed by atoms with van der Waals surface area (Å²) in [7, 11) is 0. The third-order valence-electron chi connectivity index (χ3n) is 1.65. The first-order chi connectivity index (χ1) is 5.43. The van der Waals surface area contributed by atoms with Crippen molar-refractivity contribution in [3.8, 4) is 0 Å². The lowest BCUT2D eigenvalue weighted by molar-refractivity contribution is 0.502. The van der Waals surface area contributed by atoms with E-state index in [2.05, 4.69) is 0 Å². The zero-order chi connectivity index (χ0) is 9.35. The summed E-state index contributed by atoms with van der Waals surface area (Å²) in [5.41, 5.74) is 5.48. The Hall–Kier alpha value is -0.600. The van der Waals surface area contributed by atoms with Crippen LogP contribution in [0.3, 0.4) is 0 Å². The Morgan fingerprint density at radius 3 is 2.42 bits per heavy atom. The summed E-state index contributed by atoms with van der Waals surface area (Å²) in [5.74, 6) is -0.424. The number of hydrogen-bond donors (Lipinski definition) is 1. The topological polar surface area (TPSA) is 26.0 Å². The summed E-state index contributed by atoms with van der Waals surface area (Å²) in [6.07, 6.45) is 0. The van der Waals surface area contributed by atoms with Crippen molar-refractivity contribution in [3.63, 3.8) is 0 Å². The van der Waals surface area contributed by atoms with Gasteiger partial charge in [-0.3, -0.25) is 0 Å². The molecule has 12 heavy (non-hydrogen) atoms. The van der Waals surface area contributed by atoms with Crippen molar-refractivity contribution in [1.29, 1.82) is 0 Å². The normalized spacial score (nSPS) is 11.8. The van der Waals surface area contributed by atoms with Crippen LogP contribution in [0.1, 0.15) is 19.4 Å². The van der Waals surface area contributed by atoms with Crippen LogP contribution in [0.15, 0.2) is 18.2 Å². The van der Waals surface area contributed by atoms with E-state index in [4.69, 9.17) is 17.3 Å². The lowest BCUT2D eigenvalue weighted by atomic mass is 9.95. The van der Waals surface area contributed by atoms with Gasteiger partial charge in [0.1, 0.15) is 5.82 Å². The van der Waals surface area contributed by atoms with Crippen molar-refractivity contribution in [3.05, 3.63) is 34.6 Å². The highest BCUT2D eigenvalue weighted by Crippen LogP contribution is 2.25. The van der Waals surface area contributed by atoms with Crippen LogP contribution in [0.4, 0.5) is 4.39 Å². The lowest BCUT2D eigenvalue weighted by Gasteiger charge is -2.19. The average Bonchev–Trinajstić information content (AvgIpc) is 1.92. The minimum atomic E-state index is -0.686. The van der Waals surface area contributed by atoms with Crippen molar-refractivity contribution >= 4 is 11.6 Å². The summed E-state index contributed by atoms with van der Waals surface area (Å²) in [6, 6.07) is 4.84. The van der Waals surface area contributed by atoms with Crippen molar-refractivity contribution < 1.29 is 4.39 Å². The molecular formula is C9H11ClFN. The number of nitrogens with two attached hydrogens (primary N) is 1. The van der Waals surface area contributed by atoms with Crippen LogP contribution in [-0.2, 0) is 5.54 Å². The quantitative estimate of drug-likeness (QED) is 0.719. The Morgan fingerprint density at radius 1 is 1.42 bits per heavy atom. The largest absolute Gasteiger partial charge is 0.322 e. The standard InChI is InChI=1S/C9H11ClFN/c1-9(2,12)6-4-3-5-7(10)8(6)11/h3-5H,12H2,1-2H3. The van der Waals surface area contributed by atoms with Crippen LogP contribution in [0, 0.1) is 5.82 Å². The van der Waals surface area contributed by atoms with Crippen molar-refractivity contribution in [2.45, 2.75) is 19.4 Å². The highest BCUT2D eigenvalue weighted by Gasteiger charge is 2.19. The van der Waals surface area contributed by atoms with Gasteiger partial charge in [0, 0.05) is 11.1 Å². The molecular weight excluding hydrogens is 177 g/mol. The summed E-state index contributed by atoms with van der Waals surface area (Å²) < 4.78 is 13.3. The minimum absolute atomic E-state index is 0.117. The van der Waals surface area contributed by atoms with Crippen molar-refractivity contribution in [2.24, 2.45) is 5.73 Å². The molecule has 0 radical (unpaired) electrons. The molecule has 3 heteroatoms. The van der Waals surface area contributed by atoms with Gasteiger partial charge in [-0.1, -0.05) is 23.7 Å². The van der Waals surface area contributed by atoms with Gasteiger partial charge >= 0.3 is 0 Å². The first kappa shape index (κ1) is 9.49. The maximum Gasteiger partial charge on any atom is 0.146 e. The molecule has 0 atom stereocenters. The summed E-state index contributed by atoms with van der Waals surface area (Å²) >= 11 is 5.59. The highest BCUT2D eigenvalue weighted by molar-refractivity contribution is 6.30. The van der Waals surface area contributed by atoms with E-state index in [-0.39, 0.29) is 5.02 Å². The van der Waals surface area contributed by atoms with Gasteiger partial charge in [-0.05, 0) is 19.9 Å². The van der Waals surface area contributed by atoms with E-state index in [1.54, 1.807) is 26.0 Å². The maximum absolute atomic E-state index is 13.3. The SMILES string of the molecule is CC(C)(N)c1cccc(Cl)c1F. The second-order valence-corrected chi connectivity index (χ2v) is 3.73. The fraction of sp³-hybridized carbons (Fsp3) is 0.333. The zero-order valence-electron chi connectivity index (χ0n) is 7.07. The molecule has 0 saturated carbocycles. The van der Waals surface area contributed by atoms with Gasteiger partial charge < -0.3 is 5.73 Å². The predicted octanol–water partition coefficient (Wildman–Crippen LogP) is 2.67. The monoisotopic (exact) mass is 187 g/mol. The molecule has 0 fully saturated rings. The predicted molar refractivity (Wildman–Crippen MR) is 48.6 cm³/mol. The van der Waals surface area contributed by atoms with E-state index in [1.807, 2.05) is 0 Å².